The fourth-order valence-electron chi connectivity index (χ4n) is 1.54. The molecule has 1 radical (unpaired) electrons. The zero-order valence-corrected chi connectivity index (χ0v) is 9.70. The van der Waals surface area contributed by atoms with Crippen LogP contribution in [0.2, 0.25) is 0 Å². The molecular weight excluding hydrogens is 238 g/mol. The van der Waals surface area contributed by atoms with E-state index in [4.69, 9.17) is 0 Å². The zero-order valence-electron chi connectivity index (χ0n) is 8.88. The second-order valence-corrected chi connectivity index (χ2v) is 5.24. The fraction of sp³-hybridized carbons (Fsp3) is 0.0833. The summed E-state index contributed by atoms with van der Waals surface area (Å²) < 4.78 is 25.6. The number of benzene rings is 2. The fourth-order valence-corrected chi connectivity index (χ4v) is 2.49. The first-order valence-electron chi connectivity index (χ1n) is 4.97. The number of sulfonamides is 1. The molecule has 2 rings (SSSR count). The van der Waals surface area contributed by atoms with E-state index in [0.717, 1.165) is 10.8 Å². The van der Waals surface area contributed by atoms with E-state index in [-0.39, 0.29) is 11.4 Å². The van der Waals surface area contributed by atoms with Crippen LogP contribution in [0.15, 0.2) is 47.4 Å². The monoisotopic (exact) mass is 248 g/mol. The minimum atomic E-state index is -3.63. The molecule has 0 amide bonds. The molecule has 0 saturated heterocycles. The van der Waals surface area contributed by atoms with E-state index in [1.807, 2.05) is 24.3 Å². The van der Waals surface area contributed by atoms with Gasteiger partial charge in [0.1, 0.15) is 0 Å². The molecule has 17 heavy (non-hydrogen) atoms. The summed E-state index contributed by atoms with van der Waals surface area (Å²) in [5, 5.41) is 1.80. The summed E-state index contributed by atoms with van der Waals surface area (Å²) in [6.07, 6.45) is 1.49. The van der Waals surface area contributed by atoms with E-state index in [0.29, 0.717) is 0 Å². The second-order valence-electron chi connectivity index (χ2n) is 3.48. The van der Waals surface area contributed by atoms with E-state index in [1.54, 1.807) is 12.1 Å². The van der Waals surface area contributed by atoms with Gasteiger partial charge in [0.25, 0.3) is 0 Å². The van der Waals surface area contributed by atoms with Crippen molar-refractivity contribution in [2.45, 2.75) is 4.90 Å². The molecule has 0 aromatic heterocycles. The molecule has 0 aliphatic rings. The molecule has 0 saturated carbocycles. The van der Waals surface area contributed by atoms with Crippen LogP contribution in [0.5, 0.6) is 0 Å². The highest BCUT2D eigenvalue weighted by molar-refractivity contribution is 7.89. The number of carbonyl (C=O) groups excluding carboxylic acids is 1. The Hall–Kier alpha value is -1.72. The summed E-state index contributed by atoms with van der Waals surface area (Å²) in [5.74, 6) is 0. The van der Waals surface area contributed by atoms with E-state index < -0.39 is 10.0 Å². The van der Waals surface area contributed by atoms with Crippen molar-refractivity contribution < 1.29 is 13.2 Å². The lowest BCUT2D eigenvalue weighted by atomic mass is 10.1. The third-order valence-corrected chi connectivity index (χ3v) is 3.76. The molecule has 87 valence electrons. The minimum Gasteiger partial charge on any atom is -0.289 e. The summed E-state index contributed by atoms with van der Waals surface area (Å²) in [4.78, 5) is 10.2. The van der Waals surface area contributed by atoms with Crippen molar-refractivity contribution in [3.63, 3.8) is 0 Å². The van der Waals surface area contributed by atoms with Gasteiger partial charge in [-0.15, -0.1) is 0 Å². The summed E-state index contributed by atoms with van der Waals surface area (Å²) >= 11 is 0. The van der Waals surface area contributed by atoms with E-state index >= 15 is 0 Å². The van der Waals surface area contributed by atoms with Gasteiger partial charge < -0.3 is 0 Å². The number of hydrogen-bond donors (Lipinski definition) is 1. The third kappa shape index (κ3) is 2.51. The molecule has 0 fully saturated rings. The van der Waals surface area contributed by atoms with Crippen molar-refractivity contribution in [2.24, 2.45) is 0 Å². The summed E-state index contributed by atoms with van der Waals surface area (Å²) in [6.45, 7) is -0.338. The van der Waals surface area contributed by atoms with Crippen molar-refractivity contribution in [3.05, 3.63) is 42.5 Å². The maximum atomic E-state index is 11.7. The van der Waals surface area contributed by atoms with Gasteiger partial charge in [-0.1, -0.05) is 30.3 Å². The van der Waals surface area contributed by atoms with Gasteiger partial charge in [-0.3, -0.25) is 4.79 Å². The lowest BCUT2D eigenvalue weighted by Crippen LogP contribution is -2.25. The second kappa shape index (κ2) is 4.65. The van der Waals surface area contributed by atoms with Crippen molar-refractivity contribution in [2.75, 3.05) is 6.54 Å². The Morgan fingerprint density at radius 2 is 1.76 bits per heavy atom. The van der Waals surface area contributed by atoms with E-state index in [2.05, 4.69) is 4.72 Å². The predicted molar refractivity (Wildman–Crippen MR) is 64.8 cm³/mol. The first kappa shape index (κ1) is 11.8. The van der Waals surface area contributed by atoms with Crippen LogP contribution >= 0.6 is 0 Å². The molecule has 0 aliphatic heterocycles. The van der Waals surface area contributed by atoms with Crippen molar-refractivity contribution >= 4 is 27.1 Å². The third-order valence-electron chi connectivity index (χ3n) is 2.37. The van der Waals surface area contributed by atoms with Crippen molar-refractivity contribution in [1.82, 2.24) is 4.72 Å². The van der Waals surface area contributed by atoms with Gasteiger partial charge in [-0.05, 0) is 22.9 Å². The Labute approximate surface area is 99.3 Å². The van der Waals surface area contributed by atoms with Crippen LogP contribution in [0.4, 0.5) is 0 Å². The van der Waals surface area contributed by atoms with Gasteiger partial charge in [-0.2, -0.15) is 0 Å². The number of nitrogens with one attached hydrogen (secondary N) is 1. The van der Waals surface area contributed by atoms with Gasteiger partial charge in [0.2, 0.25) is 16.3 Å². The van der Waals surface area contributed by atoms with Crippen LogP contribution < -0.4 is 4.72 Å². The Morgan fingerprint density at radius 1 is 1.06 bits per heavy atom. The zero-order chi connectivity index (χ0) is 12.3. The molecule has 2 aromatic rings. The maximum Gasteiger partial charge on any atom is 0.241 e. The van der Waals surface area contributed by atoms with Crippen LogP contribution in [-0.2, 0) is 14.8 Å². The Morgan fingerprint density at radius 3 is 2.47 bits per heavy atom. The highest BCUT2D eigenvalue weighted by atomic mass is 32.2. The molecular formula is C12H10NO3S. The SMILES string of the molecule is O=[C]CNS(=O)(=O)c1ccc2ccccc2c1. The number of rotatable bonds is 4. The Balaban J connectivity index is 2.46. The molecule has 0 unspecified atom stereocenters. The van der Waals surface area contributed by atoms with Gasteiger partial charge in [0.15, 0.2) is 0 Å². The summed E-state index contributed by atoms with van der Waals surface area (Å²) in [5.41, 5.74) is 0. The highest BCUT2D eigenvalue weighted by Crippen LogP contribution is 2.18. The lowest BCUT2D eigenvalue weighted by Gasteiger charge is -2.05. The molecule has 0 bridgehead atoms. The first-order chi connectivity index (χ1) is 8.13. The lowest BCUT2D eigenvalue weighted by molar-refractivity contribution is 0.550. The van der Waals surface area contributed by atoms with Gasteiger partial charge in [0.05, 0.1) is 11.4 Å². The average Bonchev–Trinajstić information content (AvgIpc) is 2.36. The molecule has 0 atom stereocenters. The topological polar surface area (TPSA) is 63.2 Å². The Bertz CT molecular complexity index is 650. The molecule has 2 aromatic carbocycles. The molecule has 0 spiro atoms. The molecule has 4 nitrogen and oxygen atoms in total. The van der Waals surface area contributed by atoms with Crippen LogP contribution in [0.1, 0.15) is 0 Å². The van der Waals surface area contributed by atoms with Gasteiger partial charge in [-0.25, -0.2) is 13.1 Å². The van der Waals surface area contributed by atoms with Crippen molar-refractivity contribution in [1.29, 1.82) is 0 Å². The van der Waals surface area contributed by atoms with E-state index in [1.165, 1.54) is 12.4 Å². The number of hydrogen-bond acceptors (Lipinski definition) is 3. The van der Waals surface area contributed by atoms with Crippen molar-refractivity contribution in [3.8, 4) is 0 Å². The quantitative estimate of drug-likeness (QED) is 0.885. The van der Waals surface area contributed by atoms with E-state index in [9.17, 15) is 13.2 Å². The van der Waals surface area contributed by atoms with Crippen LogP contribution in [0.3, 0.4) is 0 Å². The largest absolute Gasteiger partial charge is 0.289 e. The predicted octanol–water partition coefficient (Wildman–Crippen LogP) is 1.23. The Kier molecular flexibility index (Phi) is 3.21. The summed E-state index contributed by atoms with van der Waals surface area (Å²) in [7, 11) is -3.63. The number of fused-ring (bicyclic) bond motifs is 1. The van der Waals surface area contributed by atoms with Crippen LogP contribution in [0.25, 0.3) is 10.8 Å². The van der Waals surface area contributed by atoms with Crippen LogP contribution in [-0.4, -0.2) is 21.2 Å². The first-order valence-corrected chi connectivity index (χ1v) is 6.45. The van der Waals surface area contributed by atoms with Crippen LogP contribution in [0, 0.1) is 0 Å². The van der Waals surface area contributed by atoms with Gasteiger partial charge in [0, 0.05) is 0 Å². The minimum absolute atomic E-state index is 0.145. The maximum absolute atomic E-state index is 11.7. The normalized spacial score (nSPS) is 11.5. The molecule has 5 heteroatoms. The molecule has 0 heterocycles. The van der Waals surface area contributed by atoms with Gasteiger partial charge >= 0.3 is 0 Å². The average molecular weight is 248 g/mol. The highest BCUT2D eigenvalue weighted by Gasteiger charge is 2.13. The molecule has 1 N–H and O–H groups in total. The summed E-state index contributed by atoms with van der Waals surface area (Å²) in [6, 6.07) is 12.3. The molecule has 0 aliphatic carbocycles. The standard InChI is InChI=1S/C12H10NO3S/c14-8-7-13-17(15,16)12-6-5-10-3-1-2-4-11(10)9-12/h1-6,9,13H,7H2. The smallest absolute Gasteiger partial charge is 0.241 e.